The number of rotatable bonds is 10. The van der Waals surface area contributed by atoms with Crippen molar-refractivity contribution in [2.45, 2.75) is 81.2 Å². The lowest BCUT2D eigenvalue weighted by atomic mass is 9.94. The maximum absolute atomic E-state index is 11.7. The van der Waals surface area contributed by atoms with Crippen LogP contribution in [0, 0.1) is 0 Å². The molecule has 0 aliphatic carbocycles. The van der Waals surface area contributed by atoms with Crippen LogP contribution in [0.5, 0.6) is 0 Å². The van der Waals surface area contributed by atoms with Crippen molar-refractivity contribution in [1.82, 2.24) is 10.6 Å². The highest BCUT2D eigenvalue weighted by Crippen LogP contribution is 2.29. The van der Waals surface area contributed by atoms with Gasteiger partial charge in [-0.25, -0.2) is 0 Å². The lowest BCUT2D eigenvalue weighted by Crippen LogP contribution is -2.69. The molecule has 0 saturated carbocycles. The Labute approximate surface area is 195 Å². The molecule has 0 spiro atoms. The molecule has 198 valence electrons. The molecule has 2 amide bonds. The maximum Gasteiger partial charge on any atom is 0.217 e. The fourth-order valence-corrected chi connectivity index (χ4v) is 3.77. The van der Waals surface area contributed by atoms with Gasteiger partial charge in [-0.3, -0.25) is 9.59 Å². The van der Waals surface area contributed by atoms with Gasteiger partial charge in [0.15, 0.2) is 12.6 Å². The first-order valence-corrected chi connectivity index (χ1v) is 10.7. The van der Waals surface area contributed by atoms with Crippen LogP contribution >= 0.6 is 0 Å². The Bertz CT molecular complexity index is 670. The summed E-state index contributed by atoms with van der Waals surface area (Å²) in [5.74, 6) is -1.17. The lowest BCUT2D eigenvalue weighted by molar-refractivity contribution is -0.333. The van der Waals surface area contributed by atoms with Crippen molar-refractivity contribution in [2.24, 2.45) is 0 Å². The smallest absolute Gasteiger partial charge is 0.217 e. The van der Waals surface area contributed by atoms with Crippen LogP contribution in [-0.2, 0) is 28.5 Å². The highest BCUT2D eigenvalue weighted by Gasteiger charge is 2.51. The normalized spacial score (nSPS) is 39.3. The van der Waals surface area contributed by atoms with Gasteiger partial charge in [-0.1, -0.05) is 0 Å². The molecule has 34 heavy (non-hydrogen) atoms. The first-order chi connectivity index (χ1) is 16.0. The van der Waals surface area contributed by atoms with Crippen LogP contribution in [0.3, 0.4) is 0 Å². The lowest BCUT2D eigenvalue weighted by Gasteiger charge is -2.48. The number of ether oxygens (including phenoxy) is 4. The van der Waals surface area contributed by atoms with Gasteiger partial charge in [0.25, 0.3) is 0 Å². The number of nitrogens with one attached hydrogen (secondary N) is 2. The zero-order chi connectivity index (χ0) is 25.6. The van der Waals surface area contributed by atoms with E-state index in [2.05, 4.69) is 10.6 Å². The average molecular weight is 498 g/mol. The van der Waals surface area contributed by atoms with Crippen LogP contribution in [0.25, 0.3) is 0 Å². The molecular formula is C19H34N2O13. The Morgan fingerprint density at radius 2 is 1.38 bits per heavy atom. The summed E-state index contributed by atoms with van der Waals surface area (Å²) in [4.78, 5) is 23.3. The Morgan fingerprint density at radius 3 is 1.88 bits per heavy atom. The summed E-state index contributed by atoms with van der Waals surface area (Å²) in [6, 6.07) is -2.59. The second kappa shape index (κ2) is 13.0. The molecule has 2 saturated heterocycles. The van der Waals surface area contributed by atoms with E-state index in [1.807, 2.05) is 0 Å². The number of amides is 2. The summed E-state index contributed by atoms with van der Waals surface area (Å²) in [5.41, 5.74) is 0. The van der Waals surface area contributed by atoms with Gasteiger partial charge < -0.3 is 65.3 Å². The third-order valence-electron chi connectivity index (χ3n) is 5.43. The summed E-state index contributed by atoms with van der Waals surface area (Å²) >= 11 is 0. The topological polar surface area (TPSA) is 237 Å². The fraction of sp³-hybridized carbons (Fsp3) is 0.895. The van der Waals surface area contributed by atoms with Gasteiger partial charge in [0.2, 0.25) is 11.8 Å². The van der Waals surface area contributed by atoms with Crippen LogP contribution < -0.4 is 10.6 Å². The van der Waals surface area contributed by atoms with E-state index < -0.39 is 106 Å². The zero-order valence-electron chi connectivity index (χ0n) is 18.8. The van der Waals surface area contributed by atoms with Crippen LogP contribution in [0.15, 0.2) is 0 Å². The molecule has 0 radical (unpaired) electrons. The monoisotopic (exact) mass is 498 g/mol. The van der Waals surface area contributed by atoms with E-state index in [1.54, 1.807) is 0 Å². The number of aliphatic hydroxyl groups is 7. The highest BCUT2D eigenvalue weighted by atomic mass is 16.7. The predicted molar refractivity (Wildman–Crippen MR) is 109 cm³/mol. The molecule has 11 atom stereocenters. The molecule has 2 aliphatic rings. The third-order valence-corrected chi connectivity index (χ3v) is 5.43. The van der Waals surface area contributed by atoms with Gasteiger partial charge in [0.1, 0.15) is 54.8 Å². The Balaban J connectivity index is 2.28. The third kappa shape index (κ3) is 7.02. The Kier molecular flexibility index (Phi) is 11.0. The van der Waals surface area contributed by atoms with Crippen LogP contribution in [0.1, 0.15) is 13.8 Å². The van der Waals surface area contributed by atoms with Gasteiger partial charge in [-0.2, -0.15) is 0 Å². The first kappa shape index (κ1) is 28.7. The van der Waals surface area contributed by atoms with E-state index in [9.17, 15) is 40.2 Å². The molecule has 2 rings (SSSR count). The molecule has 0 aromatic carbocycles. The quantitative estimate of drug-likeness (QED) is 0.137. The van der Waals surface area contributed by atoms with E-state index in [0.29, 0.717) is 0 Å². The van der Waals surface area contributed by atoms with Crippen LogP contribution in [-0.4, -0.2) is 141 Å². The number of hydrogen-bond acceptors (Lipinski definition) is 13. The van der Waals surface area contributed by atoms with Gasteiger partial charge in [0, 0.05) is 13.8 Å². The molecule has 2 heterocycles. The molecule has 15 nitrogen and oxygen atoms in total. The predicted octanol–water partition coefficient (Wildman–Crippen LogP) is -5.73. The number of carbonyl (C=O) groups excluding carboxylic acids is 2. The SMILES string of the molecule is CC(=O)N[C@H]1[C@@H](OCC(O)CO)O[C@H](CO)[C@H](O[C@@H]2O[C@H](CO)[C@H](O)[C@H](O)[C@H]2NC(C)=O)[C@@H]1O. The number of aliphatic hydroxyl groups excluding tert-OH is 7. The van der Waals surface area contributed by atoms with Gasteiger partial charge >= 0.3 is 0 Å². The minimum absolute atomic E-state index is 0.410. The van der Waals surface area contributed by atoms with Gasteiger partial charge in [-0.15, -0.1) is 0 Å². The van der Waals surface area contributed by atoms with E-state index >= 15 is 0 Å². The minimum atomic E-state index is -1.61. The molecule has 0 bridgehead atoms. The van der Waals surface area contributed by atoms with Crippen molar-refractivity contribution < 1.29 is 64.3 Å². The molecule has 2 aliphatic heterocycles. The molecule has 1 unspecified atom stereocenters. The van der Waals surface area contributed by atoms with Crippen molar-refractivity contribution in [3.8, 4) is 0 Å². The van der Waals surface area contributed by atoms with Crippen molar-refractivity contribution in [2.75, 3.05) is 26.4 Å². The van der Waals surface area contributed by atoms with Crippen molar-refractivity contribution >= 4 is 11.8 Å². The molecular weight excluding hydrogens is 464 g/mol. The van der Waals surface area contributed by atoms with Crippen molar-refractivity contribution in [1.29, 1.82) is 0 Å². The number of hydrogen-bond donors (Lipinski definition) is 9. The number of carbonyl (C=O) groups is 2. The summed E-state index contributed by atoms with van der Waals surface area (Å²) in [6.45, 7) is -0.107. The molecule has 9 N–H and O–H groups in total. The fourth-order valence-electron chi connectivity index (χ4n) is 3.77. The summed E-state index contributed by atoms with van der Waals surface area (Å²) < 4.78 is 22.2. The highest BCUT2D eigenvalue weighted by molar-refractivity contribution is 5.73. The van der Waals surface area contributed by atoms with Crippen LogP contribution in [0.2, 0.25) is 0 Å². The first-order valence-electron chi connectivity index (χ1n) is 10.7. The average Bonchev–Trinajstić information content (AvgIpc) is 2.79. The molecule has 0 aromatic rings. The summed E-state index contributed by atoms with van der Waals surface area (Å²) in [6.07, 6.45) is -12.9. The maximum atomic E-state index is 11.7. The zero-order valence-corrected chi connectivity index (χ0v) is 18.8. The van der Waals surface area contributed by atoms with Crippen LogP contribution in [0.4, 0.5) is 0 Å². The van der Waals surface area contributed by atoms with Gasteiger partial charge in [-0.05, 0) is 0 Å². The second-order valence-electron chi connectivity index (χ2n) is 8.15. The molecule has 0 aromatic heterocycles. The minimum Gasteiger partial charge on any atom is -0.394 e. The second-order valence-corrected chi connectivity index (χ2v) is 8.15. The van der Waals surface area contributed by atoms with E-state index in [1.165, 1.54) is 6.92 Å². The molecule has 15 heteroatoms. The van der Waals surface area contributed by atoms with Crippen molar-refractivity contribution in [3.63, 3.8) is 0 Å². The molecule has 2 fully saturated rings. The largest absolute Gasteiger partial charge is 0.394 e. The summed E-state index contributed by atoms with van der Waals surface area (Å²) in [5, 5.41) is 74.2. The Hall–Kier alpha value is -1.50. The van der Waals surface area contributed by atoms with E-state index in [0.717, 1.165) is 6.92 Å². The standard InChI is InChI=1S/C19H34N2O13/c1-7(25)20-12-15(29)14(28)10(4-23)32-19(12)34-17-11(5-24)33-18(31-6-9(27)3-22)13(16(17)30)21-8(2)26/h9-19,22-24,27-30H,3-6H2,1-2H3,(H,20,25)(H,21,26)/t9?,10-,11-,12-,13-,14+,15-,16-,17+,18+,19+/m1/s1. The van der Waals surface area contributed by atoms with Gasteiger partial charge in [0.05, 0.1) is 26.4 Å². The Morgan fingerprint density at radius 1 is 0.853 bits per heavy atom. The summed E-state index contributed by atoms with van der Waals surface area (Å²) in [7, 11) is 0. The van der Waals surface area contributed by atoms with E-state index in [4.69, 9.17) is 24.1 Å². The van der Waals surface area contributed by atoms with Crippen molar-refractivity contribution in [3.05, 3.63) is 0 Å². The van der Waals surface area contributed by atoms with E-state index in [-0.39, 0.29) is 0 Å².